The van der Waals surface area contributed by atoms with Crippen LogP contribution in [0, 0.1) is 0 Å². The first-order chi connectivity index (χ1) is 5.16. The summed E-state index contributed by atoms with van der Waals surface area (Å²) in [5.41, 5.74) is 0. The summed E-state index contributed by atoms with van der Waals surface area (Å²) in [6, 6.07) is 0.514. The van der Waals surface area contributed by atoms with Crippen molar-refractivity contribution in [1.82, 2.24) is 5.32 Å². The van der Waals surface area contributed by atoms with Crippen molar-refractivity contribution in [2.24, 2.45) is 0 Å². The van der Waals surface area contributed by atoms with Crippen molar-refractivity contribution >= 4 is 9.84 Å². The second kappa shape index (κ2) is 2.45. The van der Waals surface area contributed by atoms with Crippen molar-refractivity contribution in [3.05, 3.63) is 0 Å². The molecule has 0 aromatic rings. The molecule has 4 heteroatoms. The molecule has 0 amide bonds. The number of fused-ring (bicyclic) bond motifs is 2. The molecule has 2 atom stereocenters. The van der Waals surface area contributed by atoms with Crippen LogP contribution in [-0.2, 0) is 9.84 Å². The Hall–Kier alpha value is -0.0900. The smallest absolute Gasteiger partial charge is 0.153 e. The zero-order valence-electron chi connectivity index (χ0n) is 6.41. The second-order valence-corrected chi connectivity index (χ2v) is 5.72. The summed E-state index contributed by atoms with van der Waals surface area (Å²) >= 11 is 0. The normalized spacial score (nSPS) is 41.8. The fourth-order valence-electron chi connectivity index (χ4n) is 2.05. The predicted octanol–water partition coefficient (Wildman–Crippen LogP) is -0.0745. The van der Waals surface area contributed by atoms with Gasteiger partial charge in [-0.25, -0.2) is 8.42 Å². The average Bonchev–Trinajstić information content (AvgIpc) is 1.82. The highest BCUT2D eigenvalue weighted by atomic mass is 32.2. The van der Waals surface area contributed by atoms with Gasteiger partial charge in [-0.3, -0.25) is 0 Å². The van der Waals surface area contributed by atoms with Gasteiger partial charge in [-0.2, -0.15) is 0 Å². The van der Waals surface area contributed by atoms with Gasteiger partial charge in [0, 0.05) is 12.1 Å². The molecule has 0 aromatic carbocycles. The number of piperidine rings is 1. The van der Waals surface area contributed by atoms with Gasteiger partial charge in [-0.15, -0.1) is 0 Å². The summed E-state index contributed by atoms with van der Waals surface area (Å²) in [5.74, 6) is 0.729. The molecule has 2 aliphatic rings. The maximum atomic E-state index is 11.2. The lowest BCUT2D eigenvalue weighted by Crippen LogP contribution is -2.54. The van der Waals surface area contributed by atoms with Crippen LogP contribution in [0.3, 0.4) is 0 Å². The molecule has 2 saturated heterocycles. The summed E-state index contributed by atoms with van der Waals surface area (Å²) in [5, 5.41) is 3.33. The molecule has 2 heterocycles. The van der Waals surface area contributed by atoms with E-state index in [1.54, 1.807) is 0 Å². The molecule has 3 nitrogen and oxygen atoms in total. The Morgan fingerprint density at radius 1 is 1.09 bits per heavy atom. The van der Waals surface area contributed by atoms with Crippen LogP contribution >= 0.6 is 0 Å². The SMILES string of the molecule is O=S1(=O)CC2CCCC(C1)N2. The van der Waals surface area contributed by atoms with Gasteiger partial charge in [0.05, 0.1) is 11.5 Å². The average molecular weight is 175 g/mol. The summed E-state index contributed by atoms with van der Waals surface area (Å²) in [4.78, 5) is 0. The fourth-order valence-corrected chi connectivity index (χ4v) is 3.94. The van der Waals surface area contributed by atoms with Crippen molar-refractivity contribution in [1.29, 1.82) is 0 Å². The van der Waals surface area contributed by atoms with Crippen molar-refractivity contribution in [2.45, 2.75) is 31.3 Å². The summed E-state index contributed by atoms with van der Waals surface area (Å²) in [6.07, 6.45) is 3.27. The standard InChI is InChI=1S/C7H13NO2S/c9-11(10)4-6-2-1-3-7(5-11)8-6/h6-8H,1-5H2. The van der Waals surface area contributed by atoms with Crippen LogP contribution in [0.4, 0.5) is 0 Å². The number of hydrogen-bond donors (Lipinski definition) is 1. The van der Waals surface area contributed by atoms with E-state index >= 15 is 0 Å². The van der Waals surface area contributed by atoms with E-state index in [-0.39, 0.29) is 12.1 Å². The Morgan fingerprint density at radius 2 is 1.64 bits per heavy atom. The molecule has 0 radical (unpaired) electrons. The van der Waals surface area contributed by atoms with E-state index in [2.05, 4.69) is 5.32 Å². The highest BCUT2D eigenvalue weighted by molar-refractivity contribution is 7.91. The molecule has 0 spiro atoms. The number of sulfone groups is 1. The van der Waals surface area contributed by atoms with Gasteiger partial charge in [0.1, 0.15) is 0 Å². The second-order valence-electron chi connectivity index (χ2n) is 3.57. The van der Waals surface area contributed by atoms with Gasteiger partial charge in [-0.05, 0) is 12.8 Å². The molecule has 1 N–H and O–H groups in total. The van der Waals surface area contributed by atoms with E-state index in [9.17, 15) is 8.42 Å². The van der Waals surface area contributed by atoms with Gasteiger partial charge in [0.15, 0.2) is 9.84 Å². The molecule has 64 valence electrons. The van der Waals surface area contributed by atoms with E-state index in [0.717, 1.165) is 12.8 Å². The molecular weight excluding hydrogens is 162 g/mol. The minimum absolute atomic E-state index is 0.257. The predicted molar refractivity (Wildman–Crippen MR) is 43.2 cm³/mol. The lowest BCUT2D eigenvalue weighted by molar-refractivity contribution is 0.338. The molecule has 0 aliphatic carbocycles. The Labute approximate surface area is 67.1 Å². The Kier molecular flexibility index (Phi) is 1.68. The summed E-state index contributed by atoms with van der Waals surface area (Å²) in [6.45, 7) is 0. The van der Waals surface area contributed by atoms with Crippen LogP contribution in [0.25, 0.3) is 0 Å². The van der Waals surface area contributed by atoms with Crippen molar-refractivity contribution in [3.8, 4) is 0 Å². The number of rotatable bonds is 0. The van der Waals surface area contributed by atoms with Gasteiger partial charge in [-0.1, -0.05) is 6.42 Å². The highest BCUT2D eigenvalue weighted by Gasteiger charge is 2.33. The Balaban J connectivity index is 2.18. The third-order valence-electron chi connectivity index (χ3n) is 2.49. The van der Waals surface area contributed by atoms with E-state index < -0.39 is 9.84 Å². The lowest BCUT2D eigenvalue weighted by Gasteiger charge is -2.35. The Morgan fingerprint density at radius 3 is 2.18 bits per heavy atom. The van der Waals surface area contributed by atoms with Crippen LogP contribution in [0.15, 0.2) is 0 Å². The first-order valence-electron chi connectivity index (χ1n) is 4.12. The fraction of sp³-hybridized carbons (Fsp3) is 1.00. The zero-order valence-corrected chi connectivity index (χ0v) is 7.23. The van der Waals surface area contributed by atoms with Crippen molar-refractivity contribution in [2.75, 3.05) is 11.5 Å². The maximum Gasteiger partial charge on any atom is 0.153 e. The van der Waals surface area contributed by atoms with Crippen LogP contribution in [-0.4, -0.2) is 32.0 Å². The number of nitrogens with one attached hydrogen (secondary N) is 1. The maximum absolute atomic E-state index is 11.2. The minimum atomic E-state index is -2.70. The van der Waals surface area contributed by atoms with Crippen molar-refractivity contribution < 1.29 is 8.42 Å². The van der Waals surface area contributed by atoms with Gasteiger partial charge < -0.3 is 5.32 Å². The number of hydrogen-bond acceptors (Lipinski definition) is 3. The van der Waals surface area contributed by atoms with E-state index in [0.29, 0.717) is 11.5 Å². The van der Waals surface area contributed by atoms with Gasteiger partial charge in [0.25, 0.3) is 0 Å². The van der Waals surface area contributed by atoms with Crippen LogP contribution < -0.4 is 5.32 Å². The quantitative estimate of drug-likeness (QED) is 0.560. The van der Waals surface area contributed by atoms with Crippen molar-refractivity contribution in [3.63, 3.8) is 0 Å². The molecule has 2 unspecified atom stereocenters. The first-order valence-corrected chi connectivity index (χ1v) is 5.94. The van der Waals surface area contributed by atoms with Gasteiger partial charge in [0.2, 0.25) is 0 Å². The molecule has 0 aromatic heterocycles. The lowest BCUT2D eigenvalue weighted by atomic mass is 10.0. The summed E-state index contributed by atoms with van der Waals surface area (Å²) < 4.78 is 22.4. The summed E-state index contributed by atoms with van der Waals surface area (Å²) in [7, 11) is -2.70. The van der Waals surface area contributed by atoms with E-state index in [1.165, 1.54) is 6.42 Å². The zero-order chi connectivity index (χ0) is 7.90. The minimum Gasteiger partial charge on any atom is -0.309 e. The van der Waals surface area contributed by atoms with Gasteiger partial charge >= 0.3 is 0 Å². The van der Waals surface area contributed by atoms with E-state index in [1.807, 2.05) is 0 Å². The van der Waals surface area contributed by atoms with E-state index in [4.69, 9.17) is 0 Å². The molecule has 2 bridgehead atoms. The Bertz CT molecular complexity index is 229. The third-order valence-corrected chi connectivity index (χ3v) is 4.31. The first kappa shape index (κ1) is 7.55. The molecule has 2 fully saturated rings. The highest BCUT2D eigenvalue weighted by Crippen LogP contribution is 2.20. The topological polar surface area (TPSA) is 46.2 Å². The van der Waals surface area contributed by atoms with Crippen LogP contribution in [0.2, 0.25) is 0 Å². The van der Waals surface area contributed by atoms with Crippen LogP contribution in [0.5, 0.6) is 0 Å². The molecule has 11 heavy (non-hydrogen) atoms. The molecule has 0 saturated carbocycles. The molecule has 2 aliphatic heterocycles. The molecule has 2 rings (SSSR count). The largest absolute Gasteiger partial charge is 0.309 e. The molecular formula is C7H13NO2S. The monoisotopic (exact) mass is 175 g/mol. The van der Waals surface area contributed by atoms with Crippen LogP contribution in [0.1, 0.15) is 19.3 Å². The third kappa shape index (κ3) is 1.56.